The molecule has 4 rings (SSSR count). The van der Waals surface area contributed by atoms with Crippen LogP contribution in [0.3, 0.4) is 0 Å². The van der Waals surface area contributed by atoms with Crippen LogP contribution < -0.4 is 5.32 Å². The minimum Gasteiger partial charge on any atom is -0.481 e. The van der Waals surface area contributed by atoms with Crippen LogP contribution in [0.25, 0.3) is 22.4 Å². The average molecular weight is 555 g/mol. The molecule has 1 aromatic heterocycles. The number of aliphatic hydroxyl groups is 2. The third-order valence-corrected chi connectivity index (χ3v) is 7.14. The zero-order chi connectivity index (χ0) is 29.5. The van der Waals surface area contributed by atoms with Gasteiger partial charge in [-0.3, -0.25) is 9.59 Å². The van der Waals surface area contributed by atoms with Gasteiger partial charge in [0.25, 0.3) is 5.91 Å². The summed E-state index contributed by atoms with van der Waals surface area (Å²) in [5.74, 6) is -1.37. The number of nitrogens with zero attached hydrogens (tertiary/aromatic N) is 1. The standard InChI is InChI=1S/C34H38N2O5/c1-22(2)32-31(34(41)35-26-12-8-5-9-13-26)30(24-10-6-4-7-11-24)33(25-16-14-23(3)15-17-25)36(32)19-18-27(37)20-28(38)21-29(39)40/h4-17,22,27-28,37-38H,18-21H2,1-3H3,(H,35,41)(H,39,40)/t27-,28-/m0/s1. The Balaban J connectivity index is 1.89. The quantitative estimate of drug-likeness (QED) is 0.160. The van der Waals surface area contributed by atoms with Crippen LogP contribution in [0.15, 0.2) is 84.9 Å². The zero-order valence-electron chi connectivity index (χ0n) is 23.7. The maximum Gasteiger partial charge on any atom is 0.305 e. The second-order valence-electron chi connectivity index (χ2n) is 10.8. The number of carboxylic acids is 1. The van der Waals surface area contributed by atoms with Gasteiger partial charge in [0.2, 0.25) is 0 Å². The fourth-order valence-electron chi connectivity index (χ4n) is 5.31. The number of rotatable bonds is 12. The van der Waals surface area contributed by atoms with E-state index in [1.165, 1.54) is 0 Å². The van der Waals surface area contributed by atoms with Crippen molar-refractivity contribution < 1.29 is 24.9 Å². The molecule has 4 N–H and O–H groups in total. The van der Waals surface area contributed by atoms with Crippen molar-refractivity contribution >= 4 is 17.6 Å². The van der Waals surface area contributed by atoms with E-state index in [1.807, 2.05) is 106 Å². The fourth-order valence-corrected chi connectivity index (χ4v) is 5.31. The molecule has 0 radical (unpaired) electrons. The van der Waals surface area contributed by atoms with Gasteiger partial charge in [-0.15, -0.1) is 0 Å². The SMILES string of the molecule is Cc1ccc(-c2c(-c3ccccc3)c(C(=O)Nc3ccccc3)c(C(C)C)n2CC[C@H](O)C[C@H](O)CC(=O)O)cc1. The third-order valence-electron chi connectivity index (χ3n) is 7.14. The predicted molar refractivity (Wildman–Crippen MR) is 162 cm³/mol. The number of carbonyl (C=O) groups excluding carboxylic acids is 1. The molecule has 1 amide bonds. The van der Waals surface area contributed by atoms with E-state index in [0.29, 0.717) is 17.8 Å². The van der Waals surface area contributed by atoms with Crippen molar-refractivity contribution in [2.45, 2.75) is 64.7 Å². The molecular weight excluding hydrogens is 516 g/mol. The smallest absolute Gasteiger partial charge is 0.305 e. The van der Waals surface area contributed by atoms with Crippen LogP contribution in [0.2, 0.25) is 0 Å². The predicted octanol–water partition coefficient (Wildman–Crippen LogP) is 6.48. The van der Waals surface area contributed by atoms with Crippen molar-refractivity contribution in [2.75, 3.05) is 5.32 Å². The Labute approximate surface area is 241 Å². The summed E-state index contributed by atoms with van der Waals surface area (Å²) in [5, 5.41) is 33.0. The maximum absolute atomic E-state index is 14.1. The number of aryl methyl sites for hydroxylation is 1. The molecule has 0 aliphatic rings. The summed E-state index contributed by atoms with van der Waals surface area (Å²) in [4.78, 5) is 25.1. The number of aliphatic carboxylic acids is 1. The molecule has 0 bridgehead atoms. The first-order chi connectivity index (χ1) is 19.7. The van der Waals surface area contributed by atoms with Crippen LogP contribution in [0, 0.1) is 6.92 Å². The Kier molecular flexibility index (Phi) is 9.76. The molecule has 3 aromatic carbocycles. The van der Waals surface area contributed by atoms with E-state index in [9.17, 15) is 19.8 Å². The number of nitrogens with one attached hydrogen (secondary N) is 1. The summed E-state index contributed by atoms with van der Waals surface area (Å²) in [7, 11) is 0. The lowest BCUT2D eigenvalue weighted by Crippen LogP contribution is -2.22. The third kappa shape index (κ3) is 7.31. The molecule has 0 fully saturated rings. The monoisotopic (exact) mass is 554 g/mol. The van der Waals surface area contributed by atoms with E-state index in [2.05, 4.69) is 9.88 Å². The van der Waals surface area contributed by atoms with Crippen LogP contribution in [-0.2, 0) is 11.3 Å². The lowest BCUT2D eigenvalue weighted by Gasteiger charge is -2.20. The van der Waals surface area contributed by atoms with Gasteiger partial charge in [0.05, 0.1) is 29.9 Å². The maximum atomic E-state index is 14.1. The summed E-state index contributed by atoms with van der Waals surface area (Å²) in [5.41, 5.74) is 6.75. The first-order valence-corrected chi connectivity index (χ1v) is 14.0. The molecule has 0 aliphatic heterocycles. The van der Waals surface area contributed by atoms with Crippen molar-refractivity contribution in [2.24, 2.45) is 0 Å². The van der Waals surface area contributed by atoms with Crippen LogP contribution in [-0.4, -0.2) is 44.0 Å². The zero-order valence-corrected chi connectivity index (χ0v) is 23.7. The molecule has 41 heavy (non-hydrogen) atoms. The number of hydrogen-bond donors (Lipinski definition) is 4. The van der Waals surface area contributed by atoms with E-state index in [1.54, 1.807) is 0 Å². The van der Waals surface area contributed by atoms with Gasteiger partial charge in [-0.25, -0.2) is 0 Å². The highest BCUT2D eigenvalue weighted by Gasteiger charge is 2.30. The van der Waals surface area contributed by atoms with Crippen LogP contribution in [0.1, 0.15) is 60.6 Å². The van der Waals surface area contributed by atoms with Gasteiger partial charge >= 0.3 is 5.97 Å². The highest BCUT2D eigenvalue weighted by atomic mass is 16.4. The Morgan fingerprint density at radius 2 is 1.44 bits per heavy atom. The summed E-state index contributed by atoms with van der Waals surface area (Å²) >= 11 is 0. The lowest BCUT2D eigenvalue weighted by molar-refractivity contribution is -0.139. The van der Waals surface area contributed by atoms with E-state index in [-0.39, 0.29) is 24.7 Å². The number of aromatic nitrogens is 1. The van der Waals surface area contributed by atoms with Gasteiger partial charge in [0.1, 0.15) is 0 Å². The number of aliphatic hydroxyl groups excluding tert-OH is 2. The van der Waals surface area contributed by atoms with Gasteiger partial charge in [0.15, 0.2) is 0 Å². The Bertz CT molecular complexity index is 1460. The molecule has 0 spiro atoms. The van der Waals surface area contributed by atoms with Gasteiger partial charge in [-0.2, -0.15) is 0 Å². The summed E-state index contributed by atoms with van der Waals surface area (Å²) in [6.07, 6.45) is -2.25. The number of carboxylic acid groups (broad SMARTS) is 1. The molecule has 7 heteroatoms. The number of benzene rings is 3. The number of amides is 1. The van der Waals surface area contributed by atoms with Gasteiger partial charge < -0.3 is 25.2 Å². The second kappa shape index (κ2) is 13.4. The van der Waals surface area contributed by atoms with E-state index in [0.717, 1.165) is 33.6 Å². The fraction of sp³-hybridized carbons (Fsp3) is 0.294. The average Bonchev–Trinajstić information content (AvgIpc) is 3.28. The summed E-state index contributed by atoms with van der Waals surface area (Å²) in [6.45, 7) is 6.49. The van der Waals surface area contributed by atoms with Crippen molar-refractivity contribution in [1.29, 1.82) is 0 Å². The first kappa shape index (κ1) is 29.8. The Morgan fingerprint density at radius 1 is 0.829 bits per heavy atom. The minimum atomic E-state index is -1.14. The lowest BCUT2D eigenvalue weighted by atomic mass is 9.94. The molecular formula is C34H38N2O5. The van der Waals surface area contributed by atoms with Crippen LogP contribution in [0.4, 0.5) is 5.69 Å². The van der Waals surface area contributed by atoms with Crippen molar-refractivity contribution in [3.05, 3.63) is 102 Å². The Hall–Kier alpha value is -4.20. The molecule has 0 saturated heterocycles. The first-order valence-electron chi connectivity index (χ1n) is 14.0. The molecule has 2 atom stereocenters. The number of anilines is 1. The van der Waals surface area contributed by atoms with Gasteiger partial charge in [0, 0.05) is 23.5 Å². The molecule has 1 heterocycles. The normalized spacial score (nSPS) is 12.7. The van der Waals surface area contributed by atoms with Crippen molar-refractivity contribution in [3.8, 4) is 22.4 Å². The Morgan fingerprint density at radius 3 is 2.02 bits per heavy atom. The topological polar surface area (TPSA) is 112 Å². The van der Waals surface area contributed by atoms with E-state index >= 15 is 0 Å². The number of para-hydroxylation sites is 1. The number of carbonyl (C=O) groups is 2. The van der Waals surface area contributed by atoms with Crippen molar-refractivity contribution in [1.82, 2.24) is 4.57 Å². The van der Waals surface area contributed by atoms with E-state index in [4.69, 9.17) is 5.11 Å². The van der Waals surface area contributed by atoms with Crippen LogP contribution in [0.5, 0.6) is 0 Å². The van der Waals surface area contributed by atoms with E-state index < -0.39 is 24.6 Å². The largest absolute Gasteiger partial charge is 0.481 e. The highest BCUT2D eigenvalue weighted by Crippen LogP contribution is 2.42. The summed E-state index contributed by atoms with van der Waals surface area (Å²) < 4.78 is 2.12. The van der Waals surface area contributed by atoms with Crippen LogP contribution >= 0.6 is 0 Å². The summed E-state index contributed by atoms with van der Waals surface area (Å²) in [6, 6.07) is 27.4. The van der Waals surface area contributed by atoms with Gasteiger partial charge in [-0.05, 0) is 48.9 Å². The molecule has 0 aliphatic carbocycles. The van der Waals surface area contributed by atoms with Gasteiger partial charge in [-0.1, -0.05) is 92.2 Å². The molecule has 0 saturated carbocycles. The molecule has 7 nitrogen and oxygen atoms in total. The molecule has 214 valence electrons. The second-order valence-corrected chi connectivity index (χ2v) is 10.8. The number of hydrogen-bond acceptors (Lipinski definition) is 4. The highest BCUT2D eigenvalue weighted by molar-refractivity contribution is 6.12. The molecule has 0 unspecified atom stereocenters. The van der Waals surface area contributed by atoms with Crippen molar-refractivity contribution in [3.63, 3.8) is 0 Å². The minimum absolute atomic E-state index is 0.0390. The molecule has 4 aromatic rings.